The second-order valence-electron chi connectivity index (χ2n) is 7.38. The molecular formula is C22H23NO5. The van der Waals surface area contributed by atoms with Gasteiger partial charge in [0.15, 0.2) is 18.1 Å². The van der Waals surface area contributed by atoms with Gasteiger partial charge in [0.05, 0.1) is 6.61 Å². The number of rotatable bonds is 6. The Labute approximate surface area is 163 Å². The van der Waals surface area contributed by atoms with Gasteiger partial charge in [-0.05, 0) is 49.1 Å². The van der Waals surface area contributed by atoms with Crippen molar-refractivity contribution in [1.29, 1.82) is 0 Å². The largest absolute Gasteiger partial charge is 0.490 e. The molecular weight excluding hydrogens is 358 g/mol. The molecule has 1 N–H and O–H groups in total. The lowest BCUT2D eigenvalue weighted by Gasteiger charge is -2.35. The number of ether oxygens (including phenoxy) is 2. The molecule has 6 nitrogen and oxygen atoms in total. The average molecular weight is 381 g/mol. The molecule has 146 valence electrons. The van der Waals surface area contributed by atoms with Crippen molar-refractivity contribution in [3.63, 3.8) is 0 Å². The number of carboxylic acid groups (broad SMARTS) is 1. The minimum absolute atomic E-state index is 0.0495. The SMILES string of the molecule is CCOc1cc(C(=O)N2Cc3ccccc3C3(CC3)C2)ccc1OCC(=O)O. The van der Waals surface area contributed by atoms with Crippen LogP contribution in [0.3, 0.4) is 0 Å². The molecule has 1 saturated carbocycles. The summed E-state index contributed by atoms with van der Waals surface area (Å²) in [6.07, 6.45) is 2.22. The first kappa shape index (κ1) is 18.3. The van der Waals surface area contributed by atoms with Gasteiger partial charge in [-0.1, -0.05) is 24.3 Å². The Morgan fingerprint density at radius 1 is 1.11 bits per heavy atom. The third kappa shape index (κ3) is 3.42. The van der Waals surface area contributed by atoms with Crippen LogP contribution in [0.15, 0.2) is 42.5 Å². The van der Waals surface area contributed by atoms with Gasteiger partial charge in [-0.2, -0.15) is 0 Å². The third-order valence-electron chi connectivity index (χ3n) is 5.43. The lowest BCUT2D eigenvalue weighted by Crippen LogP contribution is -2.41. The minimum Gasteiger partial charge on any atom is -0.490 e. The van der Waals surface area contributed by atoms with Crippen molar-refractivity contribution in [2.24, 2.45) is 0 Å². The van der Waals surface area contributed by atoms with Crippen LogP contribution in [-0.4, -0.2) is 41.6 Å². The Bertz CT molecular complexity index is 919. The summed E-state index contributed by atoms with van der Waals surface area (Å²) < 4.78 is 10.8. The smallest absolute Gasteiger partial charge is 0.341 e. The van der Waals surface area contributed by atoms with Crippen LogP contribution < -0.4 is 9.47 Å². The minimum atomic E-state index is -1.07. The fraction of sp³-hybridized carbons (Fsp3) is 0.364. The van der Waals surface area contributed by atoms with Crippen molar-refractivity contribution in [2.45, 2.75) is 31.7 Å². The molecule has 1 heterocycles. The molecule has 28 heavy (non-hydrogen) atoms. The summed E-state index contributed by atoms with van der Waals surface area (Å²) in [4.78, 5) is 25.9. The third-order valence-corrected chi connectivity index (χ3v) is 5.43. The fourth-order valence-electron chi connectivity index (χ4n) is 3.96. The molecule has 1 fully saturated rings. The summed E-state index contributed by atoms with van der Waals surface area (Å²) in [6.45, 7) is 3.08. The van der Waals surface area contributed by atoms with Crippen molar-refractivity contribution in [2.75, 3.05) is 19.8 Å². The summed E-state index contributed by atoms with van der Waals surface area (Å²) in [5, 5.41) is 8.82. The maximum absolute atomic E-state index is 13.2. The number of carboxylic acids is 1. The van der Waals surface area contributed by atoms with Crippen molar-refractivity contribution < 1.29 is 24.2 Å². The average Bonchev–Trinajstić information content (AvgIpc) is 3.46. The number of nitrogens with zero attached hydrogens (tertiary/aromatic N) is 1. The summed E-state index contributed by atoms with van der Waals surface area (Å²) >= 11 is 0. The van der Waals surface area contributed by atoms with Crippen LogP contribution in [0.25, 0.3) is 0 Å². The lowest BCUT2D eigenvalue weighted by molar-refractivity contribution is -0.139. The van der Waals surface area contributed by atoms with E-state index in [4.69, 9.17) is 14.6 Å². The van der Waals surface area contributed by atoms with Crippen LogP contribution in [0.4, 0.5) is 0 Å². The number of hydrogen-bond donors (Lipinski definition) is 1. The van der Waals surface area contributed by atoms with E-state index in [2.05, 4.69) is 18.2 Å². The first-order valence-corrected chi connectivity index (χ1v) is 9.51. The standard InChI is InChI=1S/C22H23NO5/c1-2-27-19-11-15(7-8-18(19)28-13-20(24)25)21(26)23-12-16-5-3-4-6-17(16)22(14-23)9-10-22/h3-8,11H,2,9-10,12-14H2,1H3,(H,24,25). The van der Waals surface area contributed by atoms with Gasteiger partial charge in [-0.25, -0.2) is 4.79 Å². The molecule has 0 unspecified atom stereocenters. The van der Waals surface area contributed by atoms with Crippen molar-refractivity contribution in [1.82, 2.24) is 4.90 Å². The van der Waals surface area contributed by atoms with Crippen LogP contribution in [0.1, 0.15) is 41.3 Å². The van der Waals surface area contributed by atoms with Crippen molar-refractivity contribution in [3.8, 4) is 11.5 Å². The van der Waals surface area contributed by atoms with Crippen LogP contribution in [0.2, 0.25) is 0 Å². The number of hydrogen-bond acceptors (Lipinski definition) is 4. The molecule has 1 aliphatic heterocycles. The van der Waals surface area contributed by atoms with E-state index in [-0.39, 0.29) is 11.3 Å². The van der Waals surface area contributed by atoms with E-state index in [9.17, 15) is 9.59 Å². The zero-order valence-corrected chi connectivity index (χ0v) is 15.8. The molecule has 0 radical (unpaired) electrons. The number of carbonyl (C=O) groups is 2. The van der Waals surface area contributed by atoms with E-state index in [1.807, 2.05) is 17.9 Å². The lowest BCUT2D eigenvalue weighted by atomic mass is 9.87. The molecule has 0 aromatic heterocycles. The maximum atomic E-state index is 13.2. The molecule has 0 atom stereocenters. The van der Waals surface area contributed by atoms with Crippen LogP contribution in [-0.2, 0) is 16.8 Å². The zero-order chi connectivity index (χ0) is 19.7. The maximum Gasteiger partial charge on any atom is 0.341 e. The Balaban J connectivity index is 1.58. The summed E-state index contributed by atoms with van der Waals surface area (Å²) in [5.41, 5.74) is 3.22. The summed E-state index contributed by atoms with van der Waals surface area (Å²) in [5.74, 6) is -0.410. The van der Waals surface area contributed by atoms with Gasteiger partial charge in [0, 0.05) is 24.1 Å². The van der Waals surface area contributed by atoms with E-state index in [0.717, 1.165) is 19.4 Å². The van der Waals surface area contributed by atoms with Crippen molar-refractivity contribution in [3.05, 3.63) is 59.2 Å². The molecule has 1 amide bonds. The van der Waals surface area contributed by atoms with Gasteiger partial charge < -0.3 is 19.5 Å². The van der Waals surface area contributed by atoms with Gasteiger partial charge in [-0.3, -0.25) is 4.79 Å². The monoisotopic (exact) mass is 381 g/mol. The van der Waals surface area contributed by atoms with Gasteiger partial charge >= 0.3 is 5.97 Å². The number of fused-ring (bicyclic) bond motifs is 2. The van der Waals surface area contributed by atoms with E-state index in [1.54, 1.807) is 18.2 Å². The Kier molecular flexibility index (Phi) is 4.71. The normalized spacial score (nSPS) is 16.4. The van der Waals surface area contributed by atoms with Crippen molar-refractivity contribution >= 4 is 11.9 Å². The van der Waals surface area contributed by atoms with Gasteiger partial charge in [-0.15, -0.1) is 0 Å². The number of amides is 1. The summed E-state index contributed by atoms with van der Waals surface area (Å²) in [6, 6.07) is 13.3. The zero-order valence-electron chi connectivity index (χ0n) is 15.8. The molecule has 2 aromatic carbocycles. The molecule has 1 aliphatic carbocycles. The highest BCUT2D eigenvalue weighted by Gasteiger charge is 2.49. The summed E-state index contributed by atoms with van der Waals surface area (Å²) in [7, 11) is 0. The van der Waals surface area contributed by atoms with E-state index < -0.39 is 12.6 Å². The Morgan fingerprint density at radius 3 is 2.61 bits per heavy atom. The second kappa shape index (κ2) is 7.19. The molecule has 4 rings (SSSR count). The van der Waals surface area contributed by atoms with E-state index >= 15 is 0 Å². The molecule has 6 heteroatoms. The molecule has 2 aromatic rings. The Morgan fingerprint density at radius 2 is 1.89 bits per heavy atom. The highest BCUT2D eigenvalue weighted by atomic mass is 16.5. The predicted molar refractivity (Wildman–Crippen MR) is 103 cm³/mol. The Hall–Kier alpha value is -3.02. The predicted octanol–water partition coefficient (Wildman–Crippen LogP) is 3.24. The van der Waals surface area contributed by atoms with Gasteiger partial charge in [0.1, 0.15) is 0 Å². The fourth-order valence-corrected chi connectivity index (χ4v) is 3.96. The molecule has 0 bridgehead atoms. The number of aliphatic carboxylic acids is 1. The number of benzene rings is 2. The topological polar surface area (TPSA) is 76.1 Å². The highest BCUT2D eigenvalue weighted by Crippen LogP contribution is 2.52. The van der Waals surface area contributed by atoms with Crippen LogP contribution in [0.5, 0.6) is 11.5 Å². The van der Waals surface area contributed by atoms with Crippen LogP contribution >= 0.6 is 0 Å². The van der Waals surface area contributed by atoms with Crippen LogP contribution in [0, 0.1) is 0 Å². The number of carbonyl (C=O) groups excluding carboxylic acids is 1. The first-order chi connectivity index (χ1) is 13.5. The van der Waals surface area contributed by atoms with E-state index in [1.165, 1.54) is 11.1 Å². The van der Waals surface area contributed by atoms with Gasteiger partial charge in [0.2, 0.25) is 0 Å². The highest BCUT2D eigenvalue weighted by molar-refractivity contribution is 5.95. The molecule has 0 saturated heterocycles. The van der Waals surface area contributed by atoms with Gasteiger partial charge in [0.25, 0.3) is 5.91 Å². The quantitative estimate of drug-likeness (QED) is 0.831. The van der Waals surface area contributed by atoms with E-state index in [0.29, 0.717) is 30.2 Å². The molecule has 1 spiro atoms. The second-order valence-corrected chi connectivity index (χ2v) is 7.38. The molecule has 2 aliphatic rings. The first-order valence-electron chi connectivity index (χ1n) is 9.51.